The van der Waals surface area contributed by atoms with Crippen molar-refractivity contribution in [3.63, 3.8) is 0 Å². The van der Waals surface area contributed by atoms with E-state index in [4.69, 9.17) is 4.74 Å². The summed E-state index contributed by atoms with van der Waals surface area (Å²) in [6.07, 6.45) is 0. The van der Waals surface area contributed by atoms with Gasteiger partial charge in [0.05, 0.1) is 0 Å². The third-order valence-corrected chi connectivity index (χ3v) is 3.25. The highest BCUT2D eigenvalue weighted by Crippen LogP contribution is 2.19. The van der Waals surface area contributed by atoms with Gasteiger partial charge in [0.2, 0.25) is 0 Å². The van der Waals surface area contributed by atoms with Gasteiger partial charge < -0.3 is 4.74 Å². The predicted molar refractivity (Wildman–Crippen MR) is 72.6 cm³/mol. The van der Waals surface area contributed by atoms with E-state index < -0.39 is 0 Å². The molecule has 0 spiro atoms. The van der Waals surface area contributed by atoms with Gasteiger partial charge in [-0.2, -0.15) is 0 Å². The van der Waals surface area contributed by atoms with Gasteiger partial charge >= 0.3 is 0 Å². The Labute approximate surface area is 116 Å². The minimum atomic E-state index is -0.267. The molecule has 2 rings (SSSR count). The normalized spacial score (nSPS) is 10.3. The molecule has 88 valence electrons. The second-order valence-electron chi connectivity index (χ2n) is 3.48. The summed E-state index contributed by atoms with van der Waals surface area (Å²) in [5.74, 6) is 0.451. The van der Waals surface area contributed by atoms with Crippen molar-refractivity contribution in [1.29, 1.82) is 0 Å². The molecule has 0 aliphatic rings. The van der Waals surface area contributed by atoms with Gasteiger partial charge in [-0.05, 0) is 36.4 Å². The Morgan fingerprint density at radius 1 is 0.941 bits per heavy atom. The molecule has 1 nitrogen and oxygen atoms in total. The van der Waals surface area contributed by atoms with Crippen molar-refractivity contribution >= 4 is 31.9 Å². The monoisotopic (exact) mass is 358 g/mol. The van der Waals surface area contributed by atoms with Crippen LogP contribution in [0, 0.1) is 5.82 Å². The lowest BCUT2D eigenvalue weighted by molar-refractivity contribution is 0.300. The first-order chi connectivity index (χ1) is 8.15. The van der Waals surface area contributed by atoms with Gasteiger partial charge in [-0.25, -0.2) is 4.39 Å². The molecule has 4 heteroatoms. The molecule has 0 saturated heterocycles. The van der Waals surface area contributed by atoms with E-state index in [9.17, 15) is 4.39 Å². The Morgan fingerprint density at radius 3 is 2.24 bits per heavy atom. The zero-order valence-corrected chi connectivity index (χ0v) is 12.0. The first-order valence-electron chi connectivity index (χ1n) is 4.97. The largest absolute Gasteiger partial charge is 0.489 e. The summed E-state index contributed by atoms with van der Waals surface area (Å²) < 4.78 is 20.7. The van der Waals surface area contributed by atoms with Gasteiger partial charge in [-0.1, -0.05) is 37.9 Å². The number of hydrogen-bond donors (Lipinski definition) is 0. The average molecular weight is 360 g/mol. The fourth-order valence-electron chi connectivity index (χ4n) is 1.33. The minimum absolute atomic E-state index is 0.223. The minimum Gasteiger partial charge on any atom is -0.489 e. The molecular formula is C13H9Br2FO. The summed E-state index contributed by atoms with van der Waals surface area (Å²) in [4.78, 5) is 0. The molecule has 0 bridgehead atoms. The number of rotatable bonds is 3. The molecule has 2 aromatic rings. The number of benzene rings is 2. The van der Waals surface area contributed by atoms with Crippen LogP contribution in [0.2, 0.25) is 0 Å². The number of hydrogen-bond acceptors (Lipinski definition) is 1. The highest BCUT2D eigenvalue weighted by Gasteiger charge is 2.03. The molecule has 17 heavy (non-hydrogen) atoms. The Bertz CT molecular complexity index is 511. The maximum absolute atomic E-state index is 13.5. The van der Waals surface area contributed by atoms with Crippen molar-refractivity contribution in [2.24, 2.45) is 0 Å². The van der Waals surface area contributed by atoms with Crippen LogP contribution in [0.4, 0.5) is 4.39 Å². The summed E-state index contributed by atoms with van der Waals surface area (Å²) in [7, 11) is 0. The maximum Gasteiger partial charge on any atom is 0.130 e. The second kappa shape index (κ2) is 5.65. The molecule has 2 aromatic carbocycles. The third kappa shape index (κ3) is 3.54. The lowest BCUT2D eigenvalue weighted by Crippen LogP contribution is -1.98. The van der Waals surface area contributed by atoms with E-state index in [1.807, 2.05) is 24.3 Å². The third-order valence-electron chi connectivity index (χ3n) is 2.22. The average Bonchev–Trinajstić information content (AvgIpc) is 2.30. The lowest BCUT2D eigenvalue weighted by atomic mass is 10.2. The first-order valence-corrected chi connectivity index (χ1v) is 6.56. The van der Waals surface area contributed by atoms with Crippen LogP contribution >= 0.6 is 31.9 Å². The van der Waals surface area contributed by atoms with Crippen molar-refractivity contribution in [2.75, 3.05) is 0 Å². The van der Waals surface area contributed by atoms with E-state index in [0.717, 1.165) is 14.7 Å². The number of ether oxygens (including phenoxy) is 1. The van der Waals surface area contributed by atoms with E-state index in [1.165, 1.54) is 6.07 Å². The molecular weight excluding hydrogens is 351 g/mol. The van der Waals surface area contributed by atoms with Crippen molar-refractivity contribution in [1.82, 2.24) is 0 Å². The van der Waals surface area contributed by atoms with Crippen LogP contribution in [-0.2, 0) is 6.61 Å². The summed E-state index contributed by atoms with van der Waals surface area (Å²) in [5, 5.41) is 0. The Morgan fingerprint density at radius 2 is 1.59 bits per heavy atom. The zero-order valence-electron chi connectivity index (χ0n) is 8.79. The standard InChI is InChI=1S/C13H9Br2FO/c14-10-3-5-12(6-4-10)17-8-9-1-2-11(15)7-13(9)16/h1-7H,8H2. The molecule has 0 aliphatic carbocycles. The van der Waals surface area contributed by atoms with Gasteiger partial charge in [-0.15, -0.1) is 0 Å². The van der Waals surface area contributed by atoms with E-state index in [-0.39, 0.29) is 12.4 Å². The zero-order chi connectivity index (χ0) is 12.3. The van der Waals surface area contributed by atoms with Crippen LogP contribution in [0.15, 0.2) is 51.4 Å². The van der Waals surface area contributed by atoms with Crippen molar-refractivity contribution in [2.45, 2.75) is 6.61 Å². The summed E-state index contributed by atoms with van der Waals surface area (Å²) in [6, 6.07) is 12.4. The Kier molecular flexibility index (Phi) is 4.18. The molecule has 0 saturated carbocycles. The highest BCUT2D eigenvalue weighted by atomic mass is 79.9. The fraction of sp³-hybridized carbons (Fsp3) is 0.0769. The maximum atomic E-state index is 13.5. The van der Waals surface area contributed by atoms with E-state index >= 15 is 0 Å². The molecule has 0 aliphatic heterocycles. The van der Waals surface area contributed by atoms with E-state index in [2.05, 4.69) is 31.9 Å². The van der Waals surface area contributed by atoms with Crippen LogP contribution in [0.3, 0.4) is 0 Å². The summed E-state index contributed by atoms with van der Waals surface area (Å²) >= 11 is 6.55. The second-order valence-corrected chi connectivity index (χ2v) is 5.31. The van der Waals surface area contributed by atoms with Crippen LogP contribution in [0.5, 0.6) is 5.75 Å². The first kappa shape index (κ1) is 12.6. The highest BCUT2D eigenvalue weighted by molar-refractivity contribution is 9.10. The SMILES string of the molecule is Fc1cc(Br)ccc1COc1ccc(Br)cc1. The predicted octanol–water partition coefficient (Wildman–Crippen LogP) is 4.93. The lowest BCUT2D eigenvalue weighted by Gasteiger charge is -2.07. The summed E-state index contributed by atoms with van der Waals surface area (Å²) in [6.45, 7) is 0.223. The number of halogens is 3. The molecule has 0 heterocycles. The van der Waals surface area contributed by atoms with Crippen LogP contribution in [0.1, 0.15) is 5.56 Å². The Hall–Kier alpha value is -0.870. The molecule has 0 atom stereocenters. The van der Waals surface area contributed by atoms with E-state index in [0.29, 0.717) is 5.56 Å². The Balaban J connectivity index is 2.04. The van der Waals surface area contributed by atoms with E-state index in [1.54, 1.807) is 12.1 Å². The summed E-state index contributed by atoms with van der Waals surface area (Å²) in [5.41, 5.74) is 0.538. The quantitative estimate of drug-likeness (QED) is 0.754. The van der Waals surface area contributed by atoms with Crippen molar-refractivity contribution in [3.8, 4) is 5.75 Å². The van der Waals surface area contributed by atoms with Gasteiger partial charge in [0, 0.05) is 14.5 Å². The molecule has 0 radical (unpaired) electrons. The van der Waals surface area contributed by atoms with Crippen molar-refractivity contribution < 1.29 is 9.13 Å². The fourth-order valence-corrected chi connectivity index (χ4v) is 1.93. The van der Waals surface area contributed by atoms with Gasteiger partial charge in [0.15, 0.2) is 0 Å². The van der Waals surface area contributed by atoms with Crippen molar-refractivity contribution in [3.05, 3.63) is 62.8 Å². The van der Waals surface area contributed by atoms with Crippen LogP contribution < -0.4 is 4.74 Å². The topological polar surface area (TPSA) is 9.23 Å². The van der Waals surface area contributed by atoms with Gasteiger partial charge in [0.1, 0.15) is 18.2 Å². The molecule has 0 aromatic heterocycles. The molecule has 0 amide bonds. The van der Waals surface area contributed by atoms with Gasteiger partial charge in [-0.3, -0.25) is 0 Å². The molecule has 0 fully saturated rings. The molecule has 0 unspecified atom stereocenters. The van der Waals surface area contributed by atoms with Crippen LogP contribution in [-0.4, -0.2) is 0 Å². The molecule has 0 N–H and O–H groups in total. The van der Waals surface area contributed by atoms with Crippen LogP contribution in [0.25, 0.3) is 0 Å². The van der Waals surface area contributed by atoms with Gasteiger partial charge in [0.25, 0.3) is 0 Å². The smallest absolute Gasteiger partial charge is 0.130 e.